The van der Waals surface area contributed by atoms with Crippen LogP contribution in [0.1, 0.15) is 134 Å². The second-order valence-corrected chi connectivity index (χ2v) is 17.4. The molecule has 3 heterocycles. The second kappa shape index (κ2) is 25.5. The Kier molecular flexibility index (Phi) is 21.2. The summed E-state index contributed by atoms with van der Waals surface area (Å²) in [5.41, 5.74) is 0.574. The molecule has 14 nitrogen and oxygen atoms in total. The number of nitrogens with one attached hydrogen (secondary N) is 2. The molecule has 1 saturated heterocycles. The molecule has 4 atom stereocenters. The number of aromatic nitrogens is 2. The van der Waals surface area contributed by atoms with Crippen LogP contribution in [0, 0.1) is 5.92 Å². The maximum Gasteiger partial charge on any atom is 0.326 e. The lowest BCUT2D eigenvalue weighted by Gasteiger charge is -2.33. The van der Waals surface area contributed by atoms with Gasteiger partial charge in [0.05, 0.1) is 0 Å². The van der Waals surface area contributed by atoms with E-state index in [9.17, 15) is 29.1 Å². The van der Waals surface area contributed by atoms with Crippen LogP contribution < -0.4 is 10.6 Å². The first-order valence-electron chi connectivity index (χ1n) is 21.8. The molecule has 0 aromatic carbocycles. The number of likely N-dealkylation sites (N-methyl/N-ethyl adjacent to an activating group) is 2. The van der Waals surface area contributed by atoms with Crippen molar-refractivity contribution in [2.45, 2.75) is 111 Å². The van der Waals surface area contributed by atoms with Crippen molar-refractivity contribution in [1.29, 1.82) is 0 Å². The summed E-state index contributed by atoms with van der Waals surface area (Å²) in [6.07, 6.45) is 13.2. The van der Waals surface area contributed by atoms with Crippen LogP contribution in [0.15, 0.2) is 47.0 Å². The molecule has 336 valence electrons. The third-order valence-electron chi connectivity index (χ3n) is 10.8. The molecule has 3 rings (SSSR count). The highest BCUT2D eigenvalue weighted by Gasteiger charge is 2.33. The highest BCUT2D eigenvalue weighted by Crippen LogP contribution is 2.27. The molecule has 61 heavy (non-hydrogen) atoms. The topological polar surface area (TPSA) is 168 Å². The van der Waals surface area contributed by atoms with E-state index in [4.69, 9.17) is 0 Å². The zero-order valence-electron chi connectivity index (χ0n) is 37.8. The van der Waals surface area contributed by atoms with Crippen molar-refractivity contribution in [2.24, 2.45) is 5.92 Å². The normalized spacial score (nSPS) is 15.9. The molecule has 0 radical (unpaired) electrons. The third kappa shape index (κ3) is 15.4. The number of pyridine rings is 2. The lowest BCUT2D eigenvalue weighted by molar-refractivity contribution is -0.140. The smallest absolute Gasteiger partial charge is 0.326 e. The first-order valence-corrected chi connectivity index (χ1v) is 22.6. The highest BCUT2D eigenvalue weighted by molar-refractivity contribution is 9.11. The summed E-state index contributed by atoms with van der Waals surface area (Å²) in [4.78, 5) is 85.8. The van der Waals surface area contributed by atoms with Crippen LogP contribution in [0.4, 0.5) is 0 Å². The number of nitrogens with zero attached hydrogens (tertiary/aromatic N) is 6. The van der Waals surface area contributed by atoms with Crippen LogP contribution in [0.2, 0.25) is 0 Å². The summed E-state index contributed by atoms with van der Waals surface area (Å²) in [6, 6.07) is 4.78. The molecule has 1 aliphatic rings. The predicted molar refractivity (Wildman–Crippen MR) is 245 cm³/mol. The van der Waals surface area contributed by atoms with Gasteiger partial charge in [-0.15, -0.1) is 0 Å². The Balaban J connectivity index is 2.21. The monoisotopic (exact) mass is 908 g/mol. The maximum absolute atomic E-state index is 14.6. The van der Waals surface area contributed by atoms with Crippen molar-refractivity contribution in [3.8, 4) is 11.1 Å². The van der Waals surface area contributed by atoms with E-state index in [2.05, 4.69) is 61.7 Å². The number of allylic oxidation sites excluding steroid dienone is 3. The van der Waals surface area contributed by atoms with Gasteiger partial charge < -0.3 is 35.3 Å². The molecule has 15 heteroatoms. The minimum atomic E-state index is -1.20. The highest BCUT2D eigenvalue weighted by atomic mass is 79.9. The third-order valence-corrected chi connectivity index (χ3v) is 11.6. The van der Waals surface area contributed by atoms with Gasteiger partial charge in [0.2, 0.25) is 0 Å². The number of carboxylic acids is 1. The Hall–Kier alpha value is -4.47. The average Bonchev–Trinajstić information content (AvgIpc) is 3.69. The summed E-state index contributed by atoms with van der Waals surface area (Å²) in [5.74, 6) is -3.55. The Morgan fingerprint density at radius 3 is 2.11 bits per heavy atom. The fraction of sp³-hybridized carbons (Fsp3) is 0.587. The number of carbonyl (C=O) groups is 5. The maximum atomic E-state index is 14.6. The van der Waals surface area contributed by atoms with Crippen molar-refractivity contribution in [1.82, 2.24) is 40.2 Å². The van der Waals surface area contributed by atoms with Crippen molar-refractivity contribution < 1.29 is 29.1 Å². The van der Waals surface area contributed by atoms with Crippen LogP contribution >= 0.6 is 15.9 Å². The number of hydrogen-bond donors (Lipinski definition) is 3. The van der Waals surface area contributed by atoms with Gasteiger partial charge in [0.15, 0.2) is 0 Å². The lowest BCUT2D eigenvalue weighted by Crippen LogP contribution is -2.46. The van der Waals surface area contributed by atoms with Crippen molar-refractivity contribution in [3.05, 3.63) is 69.8 Å². The molecule has 1 fully saturated rings. The minimum absolute atomic E-state index is 0.00764. The summed E-state index contributed by atoms with van der Waals surface area (Å²) in [7, 11) is 7.81. The van der Waals surface area contributed by atoms with E-state index < -0.39 is 23.8 Å². The molecule has 1 aliphatic heterocycles. The Bertz CT molecular complexity index is 1870. The van der Waals surface area contributed by atoms with Gasteiger partial charge in [0.25, 0.3) is 23.6 Å². The van der Waals surface area contributed by atoms with E-state index in [-0.39, 0.29) is 52.6 Å². The zero-order valence-corrected chi connectivity index (χ0v) is 39.4. The SMILES string of the molecule is CC/C=C\CC/C=C(/Br)CCNC(=O)c1cc(-c2cc(C(=O)NC(C(=O)O)C(C)CC)nc(C(=O)N3CCCC3CN(C)C)c2)cc(C(=O)N(CCC)C(CC)CN(C)C)n1. The van der Waals surface area contributed by atoms with Crippen LogP contribution in [-0.4, -0.2) is 143 Å². The number of amides is 4. The fourth-order valence-corrected chi connectivity index (χ4v) is 7.85. The van der Waals surface area contributed by atoms with Crippen LogP contribution in [-0.2, 0) is 4.79 Å². The summed E-state index contributed by atoms with van der Waals surface area (Å²) in [5, 5.41) is 15.6. The molecule has 0 spiro atoms. The number of halogens is 1. The molecule has 2 aromatic heterocycles. The van der Waals surface area contributed by atoms with Crippen molar-refractivity contribution in [3.63, 3.8) is 0 Å². The number of aliphatic carboxylic acids is 1. The number of hydrogen-bond acceptors (Lipinski definition) is 9. The van der Waals surface area contributed by atoms with Gasteiger partial charge in [-0.25, -0.2) is 14.8 Å². The fourth-order valence-electron chi connectivity index (χ4n) is 7.42. The van der Waals surface area contributed by atoms with E-state index >= 15 is 0 Å². The molecule has 0 saturated carbocycles. The first kappa shape index (κ1) is 50.9. The number of rotatable bonds is 24. The van der Waals surface area contributed by atoms with Gasteiger partial charge in [0, 0.05) is 44.8 Å². The van der Waals surface area contributed by atoms with E-state index in [1.54, 1.807) is 34.9 Å². The van der Waals surface area contributed by atoms with E-state index in [1.807, 2.05) is 58.8 Å². The Morgan fingerprint density at radius 1 is 0.885 bits per heavy atom. The Morgan fingerprint density at radius 2 is 1.52 bits per heavy atom. The summed E-state index contributed by atoms with van der Waals surface area (Å²) < 4.78 is 0.959. The van der Waals surface area contributed by atoms with Gasteiger partial charge in [-0.1, -0.05) is 75.2 Å². The lowest BCUT2D eigenvalue weighted by atomic mass is 9.98. The van der Waals surface area contributed by atoms with E-state index in [1.165, 1.54) is 6.07 Å². The number of carbonyl (C=O) groups excluding carboxylic acids is 4. The summed E-state index contributed by atoms with van der Waals surface area (Å²) in [6.45, 7) is 12.3. The van der Waals surface area contributed by atoms with E-state index in [0.29, 0.717) is 69.5 Å². The largest absolute Gasteiger partial charge is 0.480 e. The van der Waals surface area contributed by atoms with Gasteiger partial charge in [-0.3, -0.25) is 19.2 Å². The molecule has 4 unspecified atom stereocenters. The molecular formula is C46H69BrN8O6. The minimum Gasteiger partial charge on any atom is -0.480 e. The van der Waals surface area contributed by atoms with Crippen LogP contribution in [0.25, 0.3) is 11.1 Å². The quantitative estimate of drug-likeness (QED) is 0.0747. The van der Waals surface area contributed by atoms with Gasteiger partial charge in [-0.05, 0) is 125 Å². The van der Waals surface area contributed by atoms with Gasteiger partial charge in [-0.2, -0.15) is 0 Å². The molecule has 4 amide bonds. The van der Waals surface area contributed by atoms with Gasteiger partial charge >= 0.3 is 5.97 Å². The van der Waals surface area contributed by atoms with Crippen LogP contribution in [0.5, 0.6) is 0 Å². The average molecular weight is 910 g/mol. The predicted octanol–water partition coefficient (Wildman–Crippen LogP) is 6.88. The molecule has 3 N–H and O–H groups in total. The number of likely N-dealkylation sites (tertiary alicyclic amines) is 1. The number of unbranched alkanes of at least 4 members (excludes halogenated alkanes) is 1. The van der Waals surface area contributed by atoms with Crippen LogP contribution in [0.3, 0.4) is 0 Å². The van der Waals surface area contributed by atoms with Gasteiger partial charge in [0.1, 0.15) is 28.8 Å². The first-order chi connectivity index (χ1) is 29.0. The molecule has 2 aromatic rings. The number of carboxylic acid groups (broad SMARTS) is 1. The molecule has 0 aliphatic carbocycles. The van der Waals surface area contributed by atoms with E-state index in [0.717, 1.165) is 36.6 Å². The zero-order chi connectivity index (χ0) is 45.2. The van der Waals surface area contributed by atoms with Crippen molar-refractivity contribution >= 4 is 45.5 Å². The summed E-state index contributed by atoms with van der Waals surface area (Å²) >= 11 is 3.62. The second-order valence-electron chi connectivity index (χ2n) is 16.4. The Labute approximate surface area is 371 Å². The van der Waals surface area contributed by atoms with Crippen molar-refractivity contribution in [2.75, 3.05) is 60.9 Å². The molecular weight excluding hydrogens is 840 g/mol. The standard InChI is InChI=1S/C46H69BrN8O6/c1-10-14-15-16-17-19-34(47)21-22-48-42(56)37-25-32(27-39(49-37)44(58)54(23-11-2)35(13-4)29-52(6)7)33-26-38(43(57)51-41(46(60)61)31(5)12-3)50-40(28-33)45(59)55-24-18-20-36(55)30-53(8)9/h14-15,19,25-28,31,35-36,41H,10-13,16-18,20-24,29-30H2,1-9H3,(H,48,56)(H,51,57)(H,60,61)/b15-14-,34-19+. The molecule has 0 bridgehead atoms.